The van der Waals surface area contributed by atoms with Gasteiger partial charge in [0, 0.05) is 0 Å². The quantitative estimate of drug-likeness (QED) is 0.183. The van der Waals surface area contributed by atoms with E-state index in [1.54, 1.807) is 36.5 Å². The topological polar surface area (TPSA) is 18.5 Å². The van der Waals surface area contributed by atoms with Gasteiger partial charge in [0.05, 0.1) is 0 Å². The molecule has 0 bridgehead atoms. The third-order valence-electron chi connectivity index (χ3n) is 12.1. The molecule has 8 rings (SSSR count). The molecule has 3 aliphatic carbocycles. The zero-order valence-electron chi connectivity index (χ0n) is 29.3. The Balaban J connectivity index is 0.00000208. The molecule has 1 saturated heterocycles. The maximum atomic E-state index is 5.52. The molecule has 0 spiro atoms. The van der Waals surface area contributed by atoms with Gasteiger partial charge in [0.25, 0.3) is 0 Å². The summed E-state index contributed by atoms with van der Waals surface area (Å²) in [5.41, 5.74) is 15.3. The Labute approximate surface area is 310 Å². The van der Waals surface area contributed by atoms with E-state index in [0.717, 1.165) is 18.8 Å². The molecule has 0 N–H and O–H groups in total. The van der Waals surface area contributed by atoms with Gasteiger partial charge in [0.1, 0.15) is 0 Å². The normalized spacial score (nSPS) is 23.0. The molecule has 254 valence electrons. The zero-order chi connectivity index (χ0) is 32.1. The van der Waals surface area contributed by atoms with E-state index in [0.29, 0.717) is 7.25 Å². The van der Waals surface area contributed by atoms with Crippen molar-refractivity contribution in [2.75, 3.05) is 14.2 Å². The first-order chi connectivity index (χ1) is 23.1. The number of rotatable bonds is 10. The zero-order valence-corrected chi connectivity index (χ0v) is 33.2. The van der Waals surface area contributed by atoms with Crippen LogP contribution in [0.2, 0.25) is 7.25 Å². The average Bonchev–Trinajstić information content (AvgIpc) is 3.38. The fraction of sp³-hybridized carbons (Fsp3) is 0.364. The Morgan fingerprint density at radius 3 is 1.35 bits per heavy atom. The van der Waals surface area contributed by atoms with Crippen molar-refractivity contribution in [3.63, 3.8) is 0 Å². The van der Waals surface area contributed by atoms with Crippen molar-refractivity contribution in [2.24, 2.45) is 0 Å². The number of benzene rings is 4. The molecular formula is C44H48Cl2O2Zr. The monoisotopic (exact) mass is 768 g/mol. The van der Waals surface area contributed by atoms with Crippen LogP contribution in [-0.2, 0) is 20.3 Å². The first-order valence-corrected chi connectivity index (χ1v) is 23.8. The summed E-state index contributed by atoms with van der Waals surface area (Å²) in [5.74, 6) is 1.84. The molecule has 4 unspecified atom stereocenters. The first-order valence-electron chi connectivity index (χ1n) is 18.1. The van der Waals surface area contributed by atoms with Crippen LogP contribution in [0, 0.1) is 0 Å². The number of fused-ring (bicyclic) bond motifs is 3. The van der Waals surface area contributed by atoms with Crippen molar-refractivity contribution < 1.29 is 54.6 Å². The van der Waals surface area contributed by atoms with Crippen molar-refractivity contribution in [3.05, 3.63) is 118 Å². The largest absolute Gasteiger partial charge is 1.00 e. The first kappa shape index (κ1) is 36.2. The minimum absolute atomic E-state index is 0. The summed E-state index contributed by atoms with van der Waals surface area (Å²) in [4.78, 5) is 0. The van der Waals surface area contributed by atoms with Crippen molar-refractivity contribution in [1.29, 1.82) is 0 Å². The number of halogens is 2. The van der Waals surface area contributed by atoms with Gasteiger partial charge in [-0.1, -0.05) is 0 Å². The summed E-state index contributed by atoms with van der Waals surface area (Å²) in [7, 11) is 3.51. The minimum atomic E-state index is -3.05. The molecule has 0 radical (unpaired) electrons. The SMILES string of the molecule is CCCC1=Cc2c(-c3ccc(OC)cc3)cccc2[CH]1[Zr+2]1([CH]2C(CCC)=Cc3c(-c4ccc(OC)cc4)cccc32)[CH]2CCCC[CH]21.[Cl-].[Cl-]. The number of hydrogen-bond donors (Lipinski definition) is 0. The molecule has 5 heteroatoms. The second-order valence-electron chi connectivity index (χ2n) is 14.4. The molecule has 0 aromatic heterocycles. The Morgan fingerprint density at radius 1 is 0.571 bits per heavy atom. The van der Waals surface area contributed by atoms with Gasteiger partial charge in [-0.15, -0.1) is 0 Å². The van der Waals surface area contributed by atoms with Crippen LogP contribution >= 0.6 is 0 Å². The predicted molar refractivity (Wildman–Crippen MR) is 194 cm³/mol. The summed E-state index contributed by atoms with van der Waals surface area (Å²) >= 11 is -3.05. The Bertz CT molecular complexity index is 1720. The Morgan fingerprint density at radius 2 is 0.980 bits per heavy atom. The van der Waals surface area contributed by atoms with Gasteiger partial charge in [-0.25, -0.2) is 0 Å². The molecule has 0 amide bonds. The summed E-state index contributed by atoms with van der Waals surface area (Å²) in [6.07, 6.45) is 16.0. The van der Waals surface area contributed by atoms with Gasteiger partial charge in [0.15, 0.2) is 0 Å². The van der Waals surface area contributed by atoms with Crippen LogP contribution in [0.15, 0.2) is 96.1 Å². The molecule has 1 saturated carbocycles. The number of allylic oxidation sites excluding steroid dienone is 2. The molecular weight excluding hydrogens is 723 g/mol. The van der Waals surface area contributed by atoms with Gasteiger partial charge in [-0.3, -0.25) is 0 Å². The minimum Gasteiger partial charge on any atom is -1.00 e. The van der Waals surface area contributed by atoms with Gasteiger partial charge < -0.3 is 24.8 Å². The number of hydrogen-bond acceptors (Lipinski definition) is 2. The molecule has 4 aromatic carbocycles. The fourth-order valence-electron chi connectivity index (χ4n) is 10.4. The maximum absolute atomic E-state index is 5.52. The van der Waals surface area contributed by atoms with E-state index >= 15 is 0 Å². The molecule has 4 atom stereocenters. The summed E-state index contributed by atoms with van der Waals surface area (Å²) < 4.78 is 14.4. The standard InChI is InChI=1S/2C19H19O.C6H10.2ClH.Zr/c2*1-3-5-14-12-16-6-4-7-18(19(16)13-14)15-8-10-17(20-2)11-9-15;1-2-4-6-5-3-1;;;/h2*4,6-13H,3,5H2,1-2H3;1-2H,3-6H2;2*1H;/q;;;;;+2/p-2. The van der Waals surface area contributed by atoms with Crippen LogP contribution in [-0.4, -0.2) is 14.2 Å². The van der Waals surface area contributed by atoms with Crippen molar-refractivity contribution >= 4 is 12.2 Å². The van der Waals surface area contributed by atoms with E-state index in [1.807, 2.05) is 0 Å². The van der Waals surface area contributed by atoms with Gasteiger partial charge in [-0.05, 0) is 0 Å². The van der Waals surface area contributed by atoms with Crippen molar-refractivity contribution in [3.8, 4) is 33.8 Å². The second-order valence-corrected chi connectivity index (χ2v) is 25.8. The molecule has 2 fully saturated rings. The second kappa shape index (κ2) is 15.0. The van der Waals surface area contributed by atoms with E-state index in [9.17, 15) is 0 Å². The van der Waals surface area contributed by atoms with Gasteiger partial charge in [0.2, 0.25) is 0 Å². The van der Waals surface area contributed by atoms with Crippen LogP contribution in [0.1, 0.15) is 94.7 Å². The number of ether oxygens (including phenoxy) is 2. The number of methoxy groups -OCH3 is 2. The van der Waals surface area contributed by atoms with Gasteiger partial charge >= 0.3 is 288 Å². The molecule has 1 heterocycles. The Kier molecular flexibility index (Phi) is 11.1. The van der Waals surface area contributed by atoms with E-state index in [-0.39, 0.29) is 24.8 Å². The molecule has 2 nitrogen and oxygen atoms in total. The molecule has 4 aliphatic rings. The fourth-order valence-corrected chi connectivity index (χ4v) is 33.6. The van der Waals surface area contributed by atoms with Crippen LogP contribution < -0.4 is 34.3 Å². The van der Waals surface area contributed by atoms with Crippen LogP contribution in [0.4, 0.5) is 0 Å². The van der Waals surface area contributed by atoms with Crippen LogP contribution in [0.5, 0.6) is 11.5 Å². The van der Waals surface area contributed by atoms with E-state index < -0.39 is 20.3 Å². The maximum Gasteiger partial charge on any atom is -1.00 e. The van der Waals surface area contributed by atoms with Crippen molar-refractivity contribution in [1.82, 2.24) is 0 Å². The van der Waals surface area contributed by atoms with E-state index in [4.69, 9.17) is 9.47 Å². The van der Waals surface area contributed by atoms with E-state index in [1.165, 1.54) is 84.7 Å². The molecule has 4 aromatic rings. The summed E-state index contributed by atoms with van der Waals surface area (Å²) in [6, 6.07) is 32.0. The smallest absolute Gasteiger partial charge is 1.00 e. The third kappa shape index (κ3) is 5.91. The predicted octanol–water partition coefficient (Wildman–Crippen LogP) is 6.54. The molecule has 49 heavy (non-hydrogen) atoms. The van der Waals surface area contributed by atoms with Crippen molar-refractivity contribution in [2.45, 2.75) is 79.7 Å². The molecule has 1 aliphatic heterocycles. The van der Waals surface area contributed by atoms with Crippen LogP contribution in [0.3, 0.4) is 0 Å². The van der Waals surface area contributed by atoms with Gasteiger partial charge in [-0.2, -0.15) is 0 Å². The summed E-state index contributed by atoms with van der Waals surface area (Å²) in [5, 5.41) is 0. The van der Waals surface area contributed by atoms with Crippen LogP contribution in [0.25, 0.3) is 34.4 Å². The van der Waals surface area contributed by atoms with E-state index in [2.05, 4.69) is 111 Å². The average molecular weight is 771 g/mol. The Hall–Kier alpha value is -2.58. The summed E-state index contributed by atoms with van der Waals surface area (Å²) in [6.45, 7) is 4.78. The third-order valence-corrected chi connectivity index (χ3v) is 29.2.